The minimum atomic E-state index is -4.44. The molecule has 0 aromatic carbocycles. The maximum Gasteiger partial charge on any atom is 0.433 e. The summed E-state index contributed by atoms with van der Waals surface area (Å²) >= 11 is 0. The molecule has 1 aromatic heterocycles. The van der Waals surface area contributed by atoms with Crippen LogP contribution in [0.4, 0.5) is 13.2 Å². The highest BCUT2D eigenvalue weighted by molar-refractivity contribution is 5.44. The van der Waals surface area contributed by atoms with Crippen molar-refractivity contribution in [2.75, 3.05) is 6.54 Å². The minimum Gasteiger partial charge on any atom is -0.244 e. The van der Waals surface area contributed by atoms with Crippen LogP contribution >= 0.6 is 0 Å². The van der Waals surface area contributed by atoms with E-state index in [0.29, 0.717) is 6.42 Å². The number of hydrogen-bond acceptors (Lipinski definition) is 2. The van der Waals surface area contributed by atoms with Gasteiger partial charge >= 0.3 is 6.18 Å². The summed E-state index contributed by atoms with van der Waals surface area (Å²) in [5.74, 6) is 0. The molecule has 0 aliphatic rings. The van der Waals surface area contributed by atoms with Crippen molar-refractivity contribution in [1.82, 2.24) is 4.98 Å². The second-order valence-corrected chi connectivity index (χ2v) is 3.09. The molecule has 0 amide bonds. The van der Waals surface area contributed by atoms with Crippen LogP contribution < -0.4 is 0 Å². The molecule has 0 radical (unpaired) electrons. The number of alkyl halides is 3. The molecule has 0 bridgehead atoms. The zero-order chi connectivity index (χ0) is 12.7. The average molecular weight is 242 g/mol. The van der Waals surface area contributed by atoms with Crippen LogP contribution in [0.15, 0.2) is 29.4 Å². The molecule has 0 aliphatic heterocycles. The Morgan fingerprint density at radius 2 is 2.18 bits per heavy atom. The number of azide groups is 1. The maximum atomic E-state index is 12.3. The largest absolute Gasteiger partial charge is 0.433 e. The predicted molar refractivity (Wildman–Crippen MR) is 56.9 cm³/mol. The predicted octanol–water partition coefficient (Wildman–Crippen LogP) is 3.81. The Morgan fingerprint density at radius 3 is 2.82 bits per heavy atom. The SMILES string of the molecule is [N-]=[N+]=NCCC=Cc1cccc(C(F)(F)F)n1. The normalized spacial score (nSPS) is 11.5. The first kappa shape index (κ1) is 13.1. The van der Waals surface area contributed by atoms with Gasteiger partial charge < -0.3 is 0 Å². The van der Waals surface area contributed by atoms with Crippen molar-refractivity contribution in [1.29, 1.82) is 0 Å². The molecule has 4 nitrogen and oxygen atoms in total. The minimum absolute atomic E-state index is 0.223. The molecule has 0 aliphatic carbocycles. The van der Waals surface area contributed by atoms with Crippen LogP contribution in [0.25, 0.3) is 16.5 Å². The Morgan fingerprint density at radius 1 is 1.41 bits per heavy atom. The van der Waals surface area contributed by atoms with E-state index in [9.17, 15) is 13.2 Å². The van der Waals surface area contributed by atoms with E-state index in [0.717, 1.165) is 6.07 Å². The molecular formula is C10H9F3N4. The quantitative estimate of drug-likeness (QED) is 0.342. The molecule has 1 rings (SSSR count). The van der Waals surface area contributed by atoms with Crippen LogP contribution in [0.2, 0.25) is 0 Å². The van der Waals surface area contributed by atoms with Gasteiger partial charge in [0.25, 0.3) is 0 Å². The number of hydrogen-bond donors (Lipinski definition) is 0. The third-order valence-electron chi connectivity index (χ3n) is 1.81. The molecule has 0 saturated carbocycles. The van der Waals surface area contributed by atoms with E-state index in [2.05, 4.69) is 15.0 Å². The van der Waals surface area contributed by atoms with Gasteiger partial charge in [0, 0.05) is 11.5 Å². The highest BCUT2D eigenvalue weighted by Gasteiger charge is 2.32. The van der Waals surface area contributed by atoms with Gasteiger partial charge in [-0.25, -0.2) is 4.98 Å². The Bertz CT molecular complexity index is 447. The lowest BCUT2D eigenvalue weighted by molar-refractivity contribution is -0.141. The summed E-state index contributed by atoms with van der Waals surface area (Å²) in [4.78, 5) is 6.00. The van der Waals surface area contributed by atoms with Crippen LogP contribution in [0, 0.1) is 0 Å². The van der Waals surface area contributed by atoms with Crippen LogP contribution in [0.3, 0.4) is 0 Å². The van der Waals surface area contributed by atoms with Gasteiger partial charge in [-0.15, -0.1) is 0 Å². The molecule has 1 aromatic rings. The van der Waals surface area contributed by atoms with Crippen molar-refractivity contribution >= 4 is 6.08 Å². The summed E-state index contributed by atoms with van der Waals surface area (Å²) in [5, 5.41) is 3.29. The average Bonchev–Trinajstić information content (AvgIpc) is 2.28. The second kappa shape index (κ2) is 5.91. The first-order valence-electron chi connectivity index (χ1n) is 4.75. The zero-order valence-corrected chi connectivity index (χ0v) is 8.72. The van der Waals surface area contributed by atoms with Gasteiger partial charge in [0.1, 0.15) is 5.69 Å². The van der Waals surface area contributed by atoms with Gasteiger partial charge in [0.05, 0.1) is 5.69 Å². The van der Waals surface area contributed by atoms with Crippen molar-refractivity contribution in [2.24, 2.45) is 5.11 Å². The van der Waals surface area contributed by atoms with Crippen molar-refractivity contribution in [3.05, 3.63) is 46.1 Å². The van der Waals surface area contributed by atoms with Crippen molar-refractivity contribution < 1.29 is 13.2 Å². The van der Waals surface area contributed by atoms with Crippen LogP contribution in [0.1, 0.15) is 17.8 Å². The van der Waals surface area contributed by atoms with Gasteiger partial charge in [-0.1, -0.05) is 17.3 Å². The fourth-order valence-corrected chi connectivity index (χ4v) is 1.08. The van der Waals surface area contributed by atoms with Gasteiger partial charge in [-0.2, -0.15) is 13.2 Å². The first-order valence-corrected chi connectivity index (χ1v) is 4.75. The molecule has 0 saturated heterocycles. The topological polar surface area (TPSA) is 61.7 Å². The van der Waals surface area contributed by atoms with Crippen LogP contribution in [-0.2, 0) is 6.18 Å². The van der Waals surface area contributed by atoms with Gasteiger partial charge in [0.2, 0.25) is 0 Å². The van der Waals surface area contributed by atoms with Crippen molar-refractivity contribution in [3.63, 3.8) is 0 Å². The number of aromatic nitrogens is 1. The smallest absolute Gasteiger partial charge is 0.244 e. The summed E-state index contributed by atoms with van der Waals surface area (Å²) in [6.45, 7) is 0.270. The van der Waals surface area contributed by atoms with Crippen LogP contribution in [0.5, 0.6) is 0 Å². The standard InChI is InChI=1S/C10H9F3N4/c11-10(12,13)9-6-3-5-8(16-9)4-1-2-7-15-17-14/h1,3-6H,2,7H2. The number of halogens is 3. The van der Waals surface area contributed by atoms with Gasteiger partial charge in [-0.05, 0) is 30.2 Å². The van der Waals surface area contributed by atoms with Crippen molar-refractivity contribution in [2.45, 2.75) is 12.6 Å². The molecule has 90 valence electrons. The third kappa shape index (κ3) is 4.56. The summed E-state index contributed by atoms with van der Waals surface area (Å²) in [7, 11) is 0. The molecule has 1 heterocycles. The second-order valence-electron chi connectivity index (χ2n) is 3.09. The Balaban J connectivity index is 2.69. The van der Waals surface area contributed by atoms with Crippen molar-refractivity contribution in [3.8, 4) is 0 Å². The summed E-state index contributed by atoms with van der Waals surface area (Å²) in [6, 6.07) is 3.68. The fourth-order valence-electron chi connectivity index (χ4n) is 1.08. The van der Waals surface area contributed by atoms with E-state index < -0.39 is 11.9 Å². The van der Waals surface area contributed by atoms with E-state index >= 15 is 0 Å². The molecule has 0 fully saturated rings. The van der Waals surface area contributed by atoms with E-state index in [1.54, 1.807) is 6.08 Å². The molecule has 17 heavy (non-hydrogen) atoms. The molecule has 0 unspecified atom stereocenters. The monoisotopic (exact) mass is 242 g/mol. The lowest BCUT2D eigenvalue weighted by Gasteiger charge is -2.05. The third-order valence-corrected chi connectivity index (χ3v) is 1.81. The zero-order valence-electron chi connectivity index (χ0n) is 8.72. The fraction of sp³-hybridized carbons (Fsp3) is 0.300. The molecule has 0 atom stereocenters. The summed E-state index contributed by atoms with van der Waals surface area (Å²) < 4.78 is 36.9. The maximum absolute atomic E-state index is 12.3. The van der Waals surface area contributed by atoms with Gasteiger partial charge in [0.15, 0.2) is 0 Å². The van der Waals surface area contributed by atoms with E-state index in [4.69, 9.17) is 5.53 Å². The number of pyridine rings is 1. The molecule has 0 spiro atoms. The highest BCUT2D eigenvalue weighted by Crippen LogP contribution is 2.27. The Kier molecular flexibility index (Phi) is 4.54. The van der Waals surface area contributed by atoms with Gasteiger partial charge in [-0.3, -0.25) is 0 Å². The lowest BCUT2D eigenvalue weighted by Crippen LogP contribution is -2.07. The number of nitrogens with zero attached hydrogens (tertiary/aromatic N) is 4. The Hall–Kier alpha value is -2.01. The Labute approximate surface area is 95.4 Å². The molecule has 7 heteroatoms. The van der Waals surface area contributed by atoms with E-state index in [1.165, 1.54) is 18.2 Å². The first-order chi connectivity index (χ1) is 8.04. The molecule has 0 N–H and O–H groups in total. The lowest BCUT2D eigenvalue weighted by atomic mass is 10.2. The van der Waals surface area contributed by atoms with E-state index in [-0.39, 0.29) is 12.2 Å². The van der Waals surface area contributed by atoms with Crippen LogP contribution in [-0.4, -0.2) is 11.5 Å². The van der Waals surface area contributed by atoms with E-state index in [1.807, 2.05) is 0 Å². The molecular weight excluding hydrogens is 233 g/mol. The highest BCUT2D eigenvalue weighted by atomic mass is 19.4. The summed E-state index contributed by atoms with van der Waals surface area (Å²) in [6.07, 6.45) is -0.907. The number of rotatable bonds is 4. The summed E-state index contributed by atoms with van der Waals surface area (Å²) in [5.41, 5.74) is 7.31.